The molecule has 0 N–H and O–H groups in total. The van der Waals surface area contributed by atoms with Gasteiger partial charge in [0.1, 0.15) is 11.7 Å². The van der Waals surface area contributed by atoms with E-state index < -0.39 is 0 Å². The standard InChI is InChI=1S/C4H8IP2/c1-6-2-3-7(5)4-6/h4H,2-3H2,1H3/q+1. The maximum Gasteiger partial charge on any atom is 0.117 e. The molecule has 0 amide bonds. The summed E-state index contributed by atoms with van der Waals surface area (Å²) in [7, 11) is 0.392. The minimum Gasteiger partial charge on any atom is -0.0445 e. The van der Waals surface area contributed by atoms with Crippen molar-refractivity contribution in [2.24, 2.45) is 0 Å². The van der Waals surface area contributed by atoms with Crippen LogP contribution in [0.25, 0.3) is 0 Å². The second-order valence-electron chi connectivity index (χ2n) is 1.72. The monoisotopic (exact) mass is 245 g/mol. The van der Waals surface area contributed by atoms with Crippen LogP contribution in [-0.2, 0) is 0 Å². The maximum absolute atomic E-state index is 2.57. The van der Waals surface area contributed by atoms with Crippen LogP contribution in [0.2, 0.25) is 0 Å². The molecule has 0 aromatic carbocycles. The first-order chi connectivity index (χ1) is 3.29. The van der Waals surface area contributed by atoms with Crippen LogP contribution in [0.1, 0.15) is 0 Å². The minimum absolute atomic E-state index is 0.369. The Morgan fingerprint density at radius 2 is 2.57 bits per heavy atom. The van der Waals surface area contributed by atoms with Crippen LogP contribution in [0.15, 0.2) is 0 Å². The smallest absolute Gasteiger partial charge is 0.0445 e. The third-order valence-electron chi connectivity index (χ3n) is 0.989. The van der Waals surface area contributed by atoms with Gasteiger partial charge in [0.2, 0.25) is 0 Å². The molecule has 0 radical (unpaired) electrons. The quantitative estimate of drug-likeness (QED) is 0.454. The van der Waals surface area contributed by atoms with E-state index in [1.165, 1.54) is 12.3 Å². The fourth-order valence-corrected chi connectivity index (χ4v) is 11.0. The maximum atomic E-state index is 2.57. The average Bonchev–Trinajstić information content (AvgIpc) is 1.87. The van der Waals surface area contributed by atoms with Gasteiger partial charge in [-0.1, -0.05) is 0 Å². The SMILES string of the molecule is C[P+]1=CP(I)CC1. The lowest BCUT2D eigenvalue weighted by Gasteiger charge is -1.81. The van der Waals surface area contributed by atoms with Gasteiger partial charge in [0.15, 0.2) is 0 Å². The Balaban J connectivity index is 2.50. The highest BCUT2D eigenvalue weighted by Crippen LogP contribution is 2.51. The van der Waals surface area contributed by atoms with E-state index in [0.29, 0.717) is 13.1 Å². The fourth-order valence-electron chi connectivity index (χ4n) is 0.583. The highest BCUT2D eigenvalue weighted by atomic mass is 127. The summed E-state index contributed by atoms with van der Waals surface area (Å²) in [5.41, 5.74) is 2.93. The largest absolute Gasteiger partial charge is 0.117 e. The minimum atomic E-state index is 0.369. The van der Waals surface area contributed by atoms with E-state index in [9.17, 15) is 0 Å². The zero-order valence-corrected chi connectivity index (χ0v) is 8.21. The summed E-state index contributed by atoms with van der Waals surface area (Å²) >= 11 is 2.57. The molecular formula is C4H8IP2+. The first-order valence-electron chi connectivity index (χ1n) is 2.27. The van der Waals surface area contributed by atoms with Crippen LogP contribution in [0.5, 0.6) is 0 Å². The first kappa shape index (κ1) is 6.45. The van der Waals surface area contributed by atoms with Gasteiger partial charge in [-0.3, -0.25) is 0 Å². The van der Waals surface area contributed by atoms with Crippen molar-refractivity contribution in [3.8, 4) is 0 Å². The summed E-state index contributed by atoms with van der Waals surface area (Å²) in [6.07, 6.45) is 3.00. The van der Waals surface area contributed by atoms with Gasteiger partial charge in [-0.25, -0.2) is 0 Å². The molecule has 2 unspecified atom stereocenters. The Hall–Kier alpha value is 1.33. The molecular weight excluding hydrogens is 237 g/mol. The molecule has 3 heteroatoms. The van der Waals surface area contributed by atoms with Crippen molar-refractivity contribution in [1.29, 1.82) is 0 Å². The summed E-state index contributed by atoms with van der Waals surface area (Å²) in [5.74, 6) is 0. The lowest BCUT2D eigenvalue weighted by molar-refractivity contribution is 1.55. The Kier molecular flexibility index (Phi) is 2.54. The number of hydrogen-bond donors (Lipinski definition) is 0. The molecule has 0 fully saturated rings. The van der Waals surface area contributed by atoms with Crippen LogP contribution in [0.4, 0.5) is 0 Å². The van der Waals surface area contributed by atoms with Crippen molar-refractivity contribution in [3.05, 3.63) is 0 Å². The molecule has 0 saturated carbocycles. The lowest BCUT2D eigenvalue weighted by Crippen LogP contribution is -1.70. The van der Waals surface area contributed by atoms with Gasteiger partial charge in [0.05, 0.1) is 14.2 Å². The van der Waals surface area contributed by atoms with Crippen LogP contribution in [0.3, 0.4) is 0 Å². The summed E-state index contributed by atoms with van der Waals surface area (Å²) in [4.78, 5) is 0. The summed E-state index contributed by atoms with van der Waals surface area (Å²) in [5, 5.41) is 0. The van der Waals surface area contributed by atoms with Crippen LogP contribution >= 0.6 is 35.2 Å². The molecule has 7 heavy (non-hydrogen) atoms. The molecule has 2 atom stereocenters. The summed E-state index contributed by atoms with van der Waals surface area (Å²) < 4.78 is 0. The van der Waals surface area contributed by atoms with E-state index in [-0.39, 0.29) is 0 Å². The Labute approximate surface area is 59.7 Å². The molecule has 1 aliphatic rings. The second-order valence-corrected chi connectivity index (χ2v) is 9.57. The zero-order chi connectivity index (χ0) is 5.28. The van der Waals surface area contributed by atoms with Gasteiger partial charge in [-0.05, 0) is 22.0 Å². The predicted octanol–water partition coefficient (Wildman–Crippen LogP) is 2.70. The van der Waals surface area contributed by atoms with E-state index in [2.05, 4.69) is 34.2 Å². The molecule has 1 heterocycles. The van der Waals surface area contributed by atoms with Crippen LogP contribution in [0, 0.1) is 0 Å². The van der Waals surface area contributed by atoms with Gasteiger partial charge in [-0.2, -0.15) is 0 Å². The molecule has 0 nitrogen and oxygen atoms in total. The van der Waals surface area contributed by atoms with Gasteiger partial charge >= 0.3 is 0 Å². The number of halogens is 1. The van der Waals surface area contributed by atoms with Crippen LogP contribution < -0.4 is 0 Å². The molecule has 0 saturated heterocycles. The van der Waals surface area contributed by atoms with Crippen molar-refractivity contribution in [3.63, 3.8) is 0 Å². The Morgan fingerprint density at radius 3 is 2.71 bits per heavy atom. The van der Waals surface area contributed by atoms with Crippen molar-refractivity contribution >= 4 is 40.7 Å². The van der Waals surface area contributed by atoms with Crippen molar-refractivity contribution < 1.29 is 0 Å². The van der Waals surface area contributed by atoms with Crippen molar-refractivity contribution in [2.75, 3.05) is 19.0 Å². The van der Waals surface area contributed by atoms with Gasteiger partial charge in [0.25, 0.3) is 0 Å². The highest BCUT2D eigenvalue weighted by molar-refractivity contribution is 14.2. The zero-order valence-electron chi connectivity index (χ0n) is 4.26. The van der Waals surface area contributed by atoms with E-state index in [0.717, 1.165) is 0 Å². The van der Waals surface area contributed by atoms with E-state index in [4.69, 9.17) is 0 Å². The van der Waals surface area contributed by atoms with E-state index >= 15 is 0 Å². The second kappa shape index (κ2) is 2.75. The van der Waals surface area contributed by atoms with Crippen molar-refractivity contribution in [1.82, 2.24) is 0 Å². The Morgan fingerprint density at radius 1 is 1.86 bits per heavy atom. The molecule has 0 bridgehead atoms. The lowest BCUT2D eigenvalue weighted by atomic mass is 11.0. The average molecular weight is 245 g/mol. The summed E-state index contributed by atoms with van der Waals surface area (Å²) in [6, 6.07) is 0. The highest BCUT2D eigenvalue weighted by Gasteiger charge is 2.16. The molecule has 1 aliphatic heterocycles. The van der Waals surface area contributed by atoms with E-state index in [1.54, 1.807) is 0 Å². The third kappa shape index (κ3) is 1.95. The number of rotatable bonds is 0. The molecule has 0 aromatic heterocycles. The predicted molar refractivity (Wildman–Crippen MR) is 49.6 cm³/mol. The topological polar surface area (TPSA) is 0 Å². The van der Waals surface area contributed by atoms with Crippen molar-refractivity contribution in [2.45, 2.75) is 0 Å². The van der Waals surface area contributed by atoms with E-state index in [1.807, 2.05) is 0 Å². The summed E-state index contributed by atoms with van der Waals surface area (Å²) in [6.45, 7) is 2.37. The Bertz CT molecular complexity index is 99.9. The third-order valence-corrected chi connectivity index (χ3v) is 9.19. The molecule has 0 aromatic rings. The number of hydrogen-bond acceptors (Lipinski definition) is 0. The fraction of sp³-hybridized carbons (Fsp3) is 0.750. The first-order valence-corrected chi connectivity index (χ1v) is 8.69. The van der Waals surface area contributed by atoms with Gasteiger partial charge < -0.3 is 0 Å². The molecule has 1 rings (SSSR count). The molecule has 40 valence electrons. The molecule has 0 spiro atoms. The van der Waals surface area contributed by atoms with Gasteiger partial charge in [0, 0.05) is 11.7 Å². The normalized spacial score (nSPS) is 35.7. The molecule has 0 aliphatic carbocycles. The van der Waals surface area contributed by atoms with Crippen LogP contribution in [-0.4, -0.2) is 24.5 Å². The van der Waals surface area contributed by atoms with Gasteiger partial charge in [-0.15, -0.1) is 0 Å².